The molecule has 1 fully saturated rings. The number of hydrogen-bond donors (Lipinski definition) is 1. The lowest BCUT2D eigenvalue weighted by Gasteiger charge is -2.05. The monoisotopic (exact) mass is 376 g/mol. The maximum absolute atomic E-state index is 12.6. The molecule has 0 saturated heterocycles. The molecule has 25 heavy (non-hydrogen) atoms. The van der Waals surface area contributed by atoms with Crippen molar-refractivity contribution in [1.29, 1.82) is 0 Å². The summed E-state index contributed by atoms with van der Waals surface area (Å²) < 4.78 is 33.1. The number of aryl methyl sites for hydroxylation is 1. The van der Waals surface area contributed by atoms with Crippen molar-refractivity contribution in [2.24, 2.45) is 0 Å². The van der Waals surface area contributed by atoms with Gasteiger partial charge in [-0.1, -0.05) is 11.2 Å². The number of nitrogens with zero attached hydrogens (tertiary/aromatic N) is 3. The summed E-state index contributed by atoms with van der Waals surface area (Å²) in [5.41, 5.74) is 0.798. The Morgan fingerprint density at radius 2 is 2.24 bits per heavy atom. The highest BCUT2D eigenvalue weighted by Gasteiger charge is 2.30. The Balaban J connectivity index is 1.55. The highest BCUT2D eigenvalue weighted by molar-refractivity contribution is 7.89. The van der Waals surface area contributed by atoms with E-state index in [1.807, 2.05) is 6.07 Å². The maximum atomic E-state index is 12.6. The molecule has 9 heteroatoms. The predicted octanol–water partition coefficient (Wildman–Crippen LogP) is 2.86. The molecule has 130 valence electrons. The summed E-state index contributed by atoms with van der Waals surface area (Å²) in [4.78, 5) is 9.98. The molecule has 0 unspecified atom stereocenters. The number of nitrogens with one attached hydrogen (secondary N) is 1. The summed E-state index contributed by atoms with van der Waals surface area (Å²) in [6, 6.07) is 5.19. The predicted molar refractivity (Wildman–Crippen MR) is 92.6 cm³/mol. The second kappa shape index (κ2) is 6.32. The summed E-state index contributed by atoms with van der Waals surface area (Å²) in [5.74, 6) is 1.45. The van der Waals surface area contributed by atoms with Crippen molar-refractivity contribution in [3.8, 4) is 10.7 Å². The number of pyridine rings is 1. The molecule has 1 aliphatic rings. The zero-order valence-electron chi connectivity index (χ0n) is 13.5. The highest BCUT2D eigenvalue weighted by Crippen LogP contribution is 2.40. The van der Waals surface area contributed by atoms with E-state index >= 15 is 0 Å². The van der Waals surface area contributed by atoms with Gasteiger partial charge in [-0.2, -0.15) is 4.98 Å². The van der Waals surface area contributed by atoms with Crippen LogP contribution in [0.15, 0.2) is 40.0 Å². The smallest absolute Gasteiger partial charge is 0.241 e. The Morgan fingerprint density at radius 3 is 2.96 bits per heavy atom. The molecule has 3 heterocycles. The summed E-state index contributed by atoms with van der Waals surface area (Å²) in [6.07, 6.45) is 5.42. The van der Waals surface area contributed by atoms with E-state index in [0.29, 0.717) is 27.4 Å². The molecule has 1 aliphatic carbocycles. The topological polar surface area (TPSA) is 98.0 Å². The first-order chi connectivity index (χ1) is 12.0. The number of sulfonamides is 1. The van der Waals surface area contributed by atoms with Crippen LogP contribution in [0.2, 0.25) is 0 Å². The van der Waals surface area contributed by atoms with Crippen molar-refractivity contribution in [3.63, 3.8) is 0 Å². The van der Waals surface area contributed by atoms with Gasteiger partial charge in [0.1, 0.15) is 0 Å². The molecule has 3 aromatic heterocycles. The molecule has 1 N–H and O–H groups in total. The van der Waals surface area contributed by atoms with Crippen molar-refractivity contribution >= 4 is 21.4 Å². The molecule has 0 atom stereocenters. The summed E-state index contributed by atoms with van der Waals surface area (Å²) in [6.45, 7) is 1.96. The minimum atomic E-state index is -3.63. The van der Waals surface area contributed by atoms with Crippen LogP contribution in [-0.4, -0.2) is 23.5 Å². The van der Waals surface area contributed by atoms with Crippen molar-refractivity contribution in [2.75, 3.05) is 0 Å². The van der Waals surface area contributed by atoms with Crippen LogP contribution in [0.5, 0.6) is 0 Å². The van der Waals surface area contributed by atoms with Gasteiger partial charge in [0.05, 0.1) is 9.77 Å². The van der Waals surface area contributed by atoms with Gasteiger partial charge in [0.25, 0.3) is 0 Å². The van der Waals surface area contributed by atoms with Gasteiger partial charge in [-0.15, -0.1) is 11.3 Å². The van der Waals surface area contributed by atoms with Gasteiger partial charge in [-0.25, -0.2) is 13.1 Å². The van der Waals surface area contributed by atoms with Gasteiger partial charge in [0.15, 0.2) is 0 Å². The number of hydrogen-bond acceptors (Lipinski definition) is 7. The van der Waals surface area contributed by atoms with E-state index in [2.05, 4.69) is 19.8 Å². The first kappa shape index (κ1) is 16.4. The SMILES string of the molecule is Cc1sc(-c2noc(C3CC3)n2)cc1S(=O)(=O)NCc1cccnc1. The van der Waals surface area contributed by atoms with Crippen LogP contribution in [0.4, 0.5) is 0 Å². The average Bonchev–Trinajstić information content (AvgIpc) is 3.20. The van der Waals surface area contributed by atoms with Crippen LogP contribution in [0.25, 0.3) is 10.7 Å². The molecular weight excluding hydrogens is 360 g/mol. The van der Waals surface area contributed by atoms with Gasteiger partial charge in [0.2, 0.25) is 21.7 Å². The van der Waals surface area contributed by atoms with Crippen LogP contribution < -0.4 is 4.72 Å². The molecule has 0 amide bonds. The fourth-order valence-corrected chi connectivity index (χ4v) is 4.97. The highest BCUT2D eigenvalue weighted by atomic mass is 32.2. The van der Waals surface area contributed by atoms with Gasteiger partial charge >= 0.3 is 0 Å². The van der Waals surface area contributed by atoms with Crippen LogP contribution in [-0.2, 0) is 16.6 Å². The molecule has 0 bridgehead atoms. The molecule has 0 radical (unpaired) electrons. The lowest BCUT2D eigenvalue weighted by Crippen LogP contribution is -2.23. The Kier molecular flexibility index (Phi) is 4.14. The van der Waals surface area contributed by atoms with Gasteiger partial charge < -0.3 is 4.52 Å². The fourth-order valence-electron chi connectivity index (χ4n) is 2.43. The van der Waals surface area contributed by atoms with Crippen molar-refractivity contribution in [3.05, 3.63) is 46.9 Å². The second-order valence-corrected chi connectivity index (χ2v) is 8.94. The number of aromatic nitrogens is 3. The summed E-state index contributed by atoms with van der Waals surface area (Å²) in [5, 5.41) is 3.98. The van der Waals surface area contributed by atoms with E-state index < -0.39 is 10.0 Å². The quantitative estimate of drug-likeness (QED) is 0.710. The molecule has 4 rings (SSSR count). The van der Waals surface area contributed by atoms with E-state index in [0.717, 1.165) is 18.4 Å². The molecule has 3 aromatic rings. The Morgan fingerprint density at radius 1 is 1.40 bits per heavy atom. The number of rotatable bonds is 6. The third-order valence-electron chi connectivity index (χ3n) is 3.94. The summed E-state index contributed by atoms with van der Waals surface area (Å²) >= 11 is 1.34. The van der Waals surface area contributed by atoms with Crippen LogP contribution in [0.1, 0.15) is 35.1 Å². The fraction of sp³-hybridized carbons (Fsp3) is 0.312. The zero-order chi connectivity index (χ0) is 17.4. The van der Waals surface area contributed by atoms with Crippen LogP contribution in [0.3, 0.4) is 0 Å². The average molecular weight is 376 g/mol. The van der Waals surface area contributed by atoms with Crippen LogP contribution in [0, 0.1) is 6.92 Å². The minimum absolute atomic E-state index is 0.189. The first-order valence-corrected chi connectivity index (χ1v) is 10.2. The van der Waals surface area contributed by atoms with Crippen molar-refractivity contribution in [2.45, 2.75) is 37.1 Å². The van der Waals surface area contributed by atoms with Crippen LogP contribution >= 0.6 is 11.3 Å². The molecule has 7 nitrogen and oxygen atoms in total. The molecule has 1 saturated carbocycles. The number of thiophene rings is 1. The molecular formula is C16H16N4O3S2. The van der Waals surface area contributed by atoms with Gasteiger partial charge in [-0.05, 0) is 37.5 Å². The van der Waals surface area contributed by atoms with E-state index in [1.165, 1.54) is 11.3 Å². The lowest BCUT2D eigenvalue weighted by molar-refractivity contribution is 0.380. The maximum Gasteiger partial charge on any atom is 0.241 e. The molecule has 0 aromatic carbocycles. The van der Waals surface area contributed by atoms with E-state index in [9.17, 15) is 8.42 Å². The Hall–Kier alpha value is -2.10. The molecule has 0 spiro atoms. The van der Waals surface area contributed by atoms with Gasteiger partial charge in [-0.3, -0.25) is 4.98 Å². The van der Waals surface area contributed by atoms with Crippen molar-refractivity contribution < 1.29 is 12.9 Å². The minimum Gasteiger partial charge on any atom is -0.339 e. The zero-order valence-corrected chi connectivity index (χ0v) is 15.1. The third kappa shape index (κ3) is 3.48. The largest absolute Gasteiger partial charge is 0.339 e. The van der Waals surface area contributed by atoms with E-state index in [1.54, 1.807) is 31.5 Å². The third-order valence-corrected chi connectivity index (χ3v) is 6.64. The van der Waals surface area contributed by atoms with Gasteiger partial charge in [0, 0.05) is 29.7 Å². The first-order valence-electron chi connectivity index (χ1n) is 7.86. The normalized spacial score (nSPS) is 14.8. The van der Waals surface area contributed by atoms with E-state index in [-0.39, 0.29) is 11.4 Å². The van der Waals surface area contributed by atoms with E-state index in [4.69, 9.17) is 4.52 Å². The second-order valence-electron chi connectivity index (χ2n) is 5.95. The lowest BCUT2D eigenvalue weighted by atomic mass is 10.3. The Bertz CT molecular complexity index is 992. The molecule has 0 aliphatic heterocycles. The standard InChI is InChI=1S/C16H16N4O3S2/c1-10-14(25(21,22)18-9-11-3-2-6-17-8-11)7-13(24-10)15-19-16(23-20-15)12-4-5-12/h2-3,6-8,12,18H,4-5,9H2,1H3. The van der Waals surface area contributed by atoms with Crippen molar-refractivity contribution in [1.82, 2.24) is 19.8 Å². The Labute approximate surface area is 149 Å². The summed E-state index contributed by atoms with van der Waals surface area (Å²) in [7, 11) is -3.63.